The molecule has 0 radical (unpaired) electrons. The largest absolute Gasteiger partial charge is 0.320 e. The molecule has 1 aromatic heterocycles. The Morgan fingerprint density at radius 2 is 1.85 bits per heavy atom. The lowest BCUT2D eigenvalue weighted by molar-refractivity contribution is 0.103. The van der Waals surface area contributed by atoms with Gasteiger partial charge in [-0.15, -0.1) is 11.3 Å². The number of anilines is 1. The molecule has 0 aliphatic rings. The molecule has 0 bridgehead atoms. The van der Waals surface area contributed by atoms with Gasteiger partial charge < -0.3 is 5.32 Å². The van der Waals surface area contributed by atoms with Gasteiger partial charge in [-0.2, -0.15) is 0 Å². The number of sulfone groups is 1. The summed E-state index contributed by atoms with van der Waals surface area (Å²) in [5.74, 6) is -0.290. The Kier molecular flexibility index (Phi) is 3.96. The highest BCUT2D eigenvalue weighted by atomic mass is 32.2. The molecule has 6 heteroatoms. The molecule has 0 aliphatic heterocycles. The molecule has 1 amide bonds. The highest BCUT2D eigenvalue weighted by Crippen LogP contribution is 2.24. The van der Waals surface area contributed by atoms with Gasteiger partial charge in [-0.25, -0.2) is 8.42 Å². The number of aryl methyl sites for hydroxylation is 2. The minimum atomic E-state index is -3.38. The van der Waals surface area contributed by atoms with Gasteiger partial charge in [0.2, 0.25) is 0 Å². The van der Waals surface area contributed by atoms with Crippen LogP contribution in [-0.2, 0) is 9.84 Å². The molecule has 0 saturated carbocycles. The maximum Gasteiger partial charge on any atom is 0.265 e. The predicted octanol–water partition coefficient (Wildman–Crippen LogP) is 3.02. The first-order valence-electron chi connectivity index (χ1n) is 5.96. The number of amides is 1. The first-order chi connectivity index (χ1) is 9.29. The molecule has 4 nitrogen and oxygen atoms in total. The summed E-state index contributed by atoms with van der Waals surface area (Å²) in [5, 5.41) is 2.67. The van der Waals surface area contributed by atoms with Gasteiger partial charge in [0.05, 0.1) is 15.5 Å². The number of hydrogen-bond acceptors (Lipinski definition) is 4. The van der Waals surface area contributed by atoms with Crippen molar-refractivity contribution in [2.75, 3.05) is 11.6 Å². The maximum atomic E-state index is 12.2. The summed E-state index contributed by atoms with van der Waals surface area (Å²) in [4.78, 5) is 13.9. The van der Waals surface area contributed by atoms with Gasteiger partial charge in [0.1, 0.15) is 0 Å². The summed E-state index contributed by atoms with van der Waals surface area (Å²) in [5.41, 5.74) is 1.36. The van der Waals surface area contributed by atoms with Crippen LogP contribution < -0.4 is 5.32 Å². The molecule has 0 unspecified atom stereocenters. The molecule has 0 saturated heterocycles. The molecule has 1 heterocycles. The van der Waals surface area contributed by atoms with E-state index < -0.39 is 9.84 Å². The van der Waals surface area contributed by atoms with Crippen LogP contribution in [0.4, 0.5) is 5.69 Å². The van der Waals surface area contributed by atoms with E-state index in [2.05, 4.69) is 5.32 Å². The van der Waals surface area contributed by atoms with Crippen LogP contribution in [0.5, 0.6) is 0 Å². The number of hydrogen-bond donors (Lipinski definition) is 1. The molecular weight excluding hydrogens is 294 g/mol. The third-order valence-corrected chi connectivity index (χ3v) is 5.23. The van der Waals surface area contributed by atoms with E-state index in [0.717, 1.165) is 16.7 Å². The molecule has 2 aromatic rings. The van der Waals surface area contributed by atoms with Gasteiger partial charge in [0.25, 0.3) is 5.91 Å². The quantitative estimate of drug-likeness (QED) is 0.948. The summed E-state index contributed by atoms with van der Waals surface area (Å²) in [6, 6.07) is 8.19. The Labute approximate surface area is 122 Å². The zero-order chi connectivity index (χ0) is 14.9. The van der Waals surface area contributed by atoms with E-state index in [1.807, 2.05) is 13.8 Å². The van der Waals surface area contributed by atoms with Gasteiger partial charge in [-0.05, 0) is 37.6 Å². The summed E-state index contributed by atoms with van der Waals surface area (Å²) < 4.78 is 23.4. The van der Waals surface area contributed by atoms with Crippen molar-refractivity contribution in [3.8, 4) is 0 Å². The van der Waals surface area contributed by atoms with Crippen molar-refractivity contribution >= 4 is 32.8 Å². The van der Waals surface area contributed by atoms with Crippen LogP contribution in [-0.4, -0.2) is 20.6 Å². The van der Waals surface area contributed by atoms with E-state index in [1.54, 1.807) is 24.3 Å². The van der Waals surface area contributed by atoms with E-state index in [1.165, 1.54) is 17.4 Å². The van der Waals surface area contributed by atoms with Gasteiger partial charge >= 0.3 is 0 Å². The van der Waals surface area contributed by atoms with Crippen molar-refractivity contribution in [3.63, 3.8) is 0 Å². The van der Waals surface area contributed by atoms with Gasteiger partial charge in [-0.1, -0.05) is 12.1 Å². The molecule has 0 aliphatic carbocycles. The topological polar surface area (TPSA) is 63.2 Å². The highest BCUT2D eigenvalue weighted by Gasteiger charge is 2.16. The van der Waals surface area contributed by atoms with Crippen LogP contribution in [0.2, 0.25) is 0 Å². The molecular formula is C14H15NO3S2. The van der Waals surface area contributed by atoms with Crippen LogP contribution in [0.1, 0.15) is 20.1 Å². The van der Waals surface area contributed by atoms with Crippen LogP contribution >= 0.6 is 11.3 Å². The first-order valence-corrected chi connectivity index (χ1v) is 8.67. The van der Waals surface area contributed by atoms with E-state index in [0.29, 0.717) is 10.6 Å². The fourth-order valence-electron chi connectivity index (χ4n) is 1.76. The maximum absolute atomic E-state index is 12.2. The third kappa shape index (κ3) is 3.08. The lowest BCUT2D eigenvalue weighted by atomic mass is 10.2. The lowest BCUT2D eigenvalue weighted by Crippen LogP contribution is -2.13. The zero-order valence-electron chi connectivity index (χ0n) is 11.4. The van der Waals surface area contributed by atoms with Gasteiger partial charge in [-0.3, -0.25) is 4.79 Å². The van der Waals surface area contributed by atoms with E-state index >= 15 is 0 Å². The van der Waals surface area contributed by atoms with E-state index in [-0.39, 0.29) is 10.8 Å². The minimum absolute atomic E-state index is 0.123. The van der Waals surface area contributed by atoms with Crippen molar-refractivity contribution in [1.82, 2.24) is 0 Å². The Morgan fingerprint density at radius 1 is 1.20 bits per heavy atom. The molecule has 20 heavy (non-hydrogen) atoms. The van der Waals surface area contributed by atoms with Crippen LogP contribution in [0.25, 0.3) is 0 Å². The molecule has 1 aromatic carbocycles. The van der Waals surface area contributed by atoms with Crippen molar-refractivity contribution in [2.24, 2.45) is 0 Å². The monoisotopic (exact) mass is 309 g/mol. The lowest BCUT2D eigenvalue weighted by Gasteiger charge is -2.08. The molecule has 0 fully saturated rings. The Bertz CT molecular complexity index is 741. The minimum Gasteiger partial charge on any atom is -0.320 e. The summed E-state index contributed by atoms with van der Waals surface area (Å²) in [6.07, 6.45) is 1.12. The predicted molar refractivity (Wildman–Crippen MR) is 81.3 cm³/mol. The van der Waals surface area contributed by atoms with Gasteiger partial charge in [0, 0.05) is 11.1 Å². The number of benzene rings is 1. The number of para-hydroxylation sites is 1. The second-order valence-electron chi connectivity index (χ2n) is 4.57. The van der Waals surface area contributed by atoms with Crippen molar-refractivity contribution in [1.29, 1.82) is 0 Å². The molecule has 106 valence electrons. The third-order valence-electron chi connectivity index (χ3n) is 2.92. The van der Waals surface area contributed by atoms with E-state index in [9.17, 15) is 13.2 Å². The SMILES string of the molecule is Cc1cc(C(=O)Nc2ccccc2S(C)(=O)=O)sc1C. The molecule has 2 rings (SSSR count). The Balaban J connectivity index is 2.33. The average molecular weight is 309 g/mol. The number of nitrogens with one attached hydrogen (secondary N) is 1. The van der Waals surface area contributed by atoms with Crippen LogP contribution in [0.3, 0.4) is 0 Å². The van der Waals surface area contributed by atoms with E-state index in [4.69, 9.17) is 0 Å². The molecule has 1 N–H and O–H groups in total. The fourth-order valence-corrected chi connectivity index (χ4v) is 3.54. The van der Waals surface area contributed by atoms with Crippen molar-refractivity contribution < 1.29 is 13.2 Å². The van der Waals surface area contributed by atoms with Gasteiger partial charge in [0.15, 0.2) is 9.84 Å². The first kappa shape index (κ1) is 14.7. The standard InChI is InChI=1S/C14H15NO3S2/c1-9-8-12(19-10(9)2)14(16)15-11-6-4-5-7-13(11)20(3,17)18/h4-8H,1-3H3,(H,15,16). The highest BCUT2D eigenvalue weighted by molar-refractivity contribution is 7.90. The second kappa shape index (κ2) is 5.38. The van der Waals surface area contributed by atoms with Crippen molar-refractivity contribution in [2.45, 2.75) is 18.7 Å². The fraction of sp³-hybridized carbons (Fsp3) is 0.214. The second-order valence-corrected chi connectivity index (χ2v) is 7.81. The number of thiophene rings is 1. The Morgan fingerprint density at radius 3 is 2.40 bits per heavy atom. The number of carbonyl (C=O) groups is 1. The zero-order valence-corrected chi connectivity index (χ0v) is 13.1. The van der Waals surface area contributed by atoms with Crippen LogP contribution in [0.15, 0.2) is 35.2 Å². The van der Waals surface area contributed by atoms with Crippen molar-refractivity contribution in [3.05, 3.63) is 45.6 Å². The number of carbonyl (C=O) groups excluding carboxylic acids is 1. The molecule has 0 spiro atoms. The normalized spacial score (nSPS) is 11.3. The Hall–Kier alpha value is -1.66. The summed E-state index contributed by atoms with van der Waals surface area (Å²) in [7, 11) is -3.38. The summed E-state index contributed by atoms with van der Waals surface area (Å²) >= 11 is 1.39. The van der Waals surface area contributed by atoms with Crippen LogP contribution in [0, 0.1) is 13.8 Å². The average Bonchev–Trinajstić information content (AvgIpc) is 2.69. The molecule has 0 atom stereocenters. The summed E-state index contributed by atoms with van der Waals surface area (Å²) in [6.45, 7) is 3.88. The number of rotatable bonds is 3. The smallest absolute Gasteiger partial charge is 0.265 e.